The van der Waals surface area contributed by atoms with E-state index in [0.717, 1.165) is 49.1 Å². The van der Waals surface area contributed by atoms with E-state index in [4.69, 9.17) is 4.74 Å². The van der Waals surface area contributed by atoms with Crippen molar-refractivity contribution in [3.05, 3.63) is 40.9 Å². The van der Waals surface area contributed by atoms with Gasteiger partial charge >= 0.3 is 0 Å². The fourth-order valence-electron chi connectivity index (χ4n) is 3.10. The van der Waals surface area contributed by atoms with Crippen LogP contribution in [0.1, 0.15) is 24.6 Å². The number of nitrogens with one attached hydrogen (secondary N) is 2. The lowest BCUT2D eigenvalue weighted by Crippen LogP contribution is -2.35. The third-order valence-electron chi connectivity index (χ3n) is 4.65. The second kappa shape index (κ2) is 11.0. The third-order valence-corrected chi connectivity index (χ3v) is 5.59. The molecule has 1 aromatic carbocycles. The monoisotopic (exact) mass is 416 g/mol. The van der Waals surface area contributed by atoms with Gasteiger partial charge in [-0.1, -0.05) is 24.3 Å². The lowest BCUT2D eigenvalue weighted by atomic mass is 10.1. The van der Waals surface area contributed by atoms with Gasteiger partial charge < -0.3 is 15.4 Å². The van der Waals surface area contributed by atoms with Gasteiger partial charge in [-0.3, -0.25) is 14.5 Å². The van der Waals surface area contributed by atoms with Gasteiger partial charge in [0.25, 0.3) is 0 Å². The van der Waals surface area contributed by atoms with Crippen LogP contribution in [-0.4, -0.2) is 61.1 Å². The van der Waals surface area contributed by atoms with E-state index >= 15 is 0 Å². The van der Waals surface area contributed by atoms with Crippen LogP contribution in [0.15, 0.2) is 29.6 Å². The molecule has 0 radical (unpaired) electrons. The Kier molecular flexibility index (Phi) is 8.15. The average Bonchev–Trinajstić information content (AvgIpc) is 3.17. The molecule has 1 aliphatic heterocycles. The number of carbonyl (C=O) groups excluding carboxylic acids is 2. The van der Waals surface area contributed by atoms with Crippen LogP contribution in [0, 0.1) is 0 Å². The molecule has 3 rings (SSSR count). The maximum atomic E-state index is 12.0. The molecule has 156 valence electrons. The number of thiazole rings is 1. The lowest BCUT2D eigenvalue weighted by Gasteiger charge is -2.26. The lowest BCUT2D eigenvalue weighted by molar-refractivity contribution is -0.120. The summed E-state index contributed by atoms with van der Waals surface area (Å²) in [6.45, 7) is 7.11. The molecule has 1 fully saturated rings. The highest BCUT2D eigenvalue weighted by Gasteiger charge is 2.12. The molecule has 2 aromatic rings. The molecule has 2 heterocycles. The van der Waals surface area contributed by atoms with Gasteiger partial charge in [-0.15, -0.1) is 11.3 Å². The molecule has 29 heavy (non-hydrogen) atoms. The van der Waals surface area contributed by atoms with Crippen LogP contribution in [0.5, 0.6) is 0 Å². The van der Waals surface area contributed by atoms with Gasteiger partial charge in [0.05, 0.1) is 25.3 Å². The summed E-state index contributed by atoms with van der Waals surface area (Å²) in [6, 6.07) is 8.49. The zero-order chi connectivity index (χ0) is 20.5. The third kappa shape index (κ3) is 7.23. The molecule has 1 saturated heterocycles. The number of ether oxygens (including phenoxy) is 1. The Labute approximate surface area is 175 Å². The second-order valence-electron chi connectivity index (χ2n) is 7.09. The normalized spacial score (nSPS) is 14.5. The minimum absolute atomic E-state index is 0.0504. The number of aromatic nitrogens is 1. The van der Waals surface area contributed by atoms with E-state index in [1.165, 1.54) is 12.5 Å². The Morgan fingerprint density at radius 3 is 2.59 bits per heavy atom. The Morgan fingerprint density at radius 2 is 1.86 bits per heavy atom. The smallest absolute Gasteiger partial charge is 0.226 e. The number of hydrogen-bond donors (Lipinski definition) is 2. The molecule has 0 spiro atoms. The SMILES string of the molecule is CC(=O)NCCCNC(=O)Cc1csc(-c2ccc(CN3CCOCC3)cc2)n1. The molecule has 7 nitrogen and oxygen atoms in total. The fourth-order valence-corrected chi connectivity index (χ4v) is 3.92. The number of nitrogens with zero attached hydrogens (tertiary/aromatic N) is 2. The number of rotatable bonds is 9. The predicted molar refractivity (Wildman–Crippen MR) is 114 cm³/mol. The Bertz CT molecular complexity index is 801. The van der Waals surface area contributed by atoms with Crippen molar-refractivity contribution in [1.29, 1.82) is 0 Å². The molecule has 8 heteroatoms. The highest BCUT2D eigenvalue weighted by Crippen LogP contribution is 2.24. The molecule has 0 unspecified atom stereocenters. The van der Waals surface area contributed by atoms with Crippen LogP contribution in [0.25, 0.3) is 10.6 Å². The van der Waals surface area contributed by atoms with E-state index in [1.807, 2.05) is 5.38 Å². The zero-order valence-corrected chi connectivity index (χ0v) is 17.6. The molecule has 2 N–H and O–H groups in total. The molecule has 1 aliphatic rings. The van der Waals surface area contributed by atoms with Crippen molar-refractivity contribution < 1.29 is 14.3 Å². The highest BCUT2D eigenvalue weighted by atomic mass is 32.1. The molecule has 1 aromatic heterocycles. The van der Waals surface area contributed by atoms with Gasteiger partial charge in [-0.25, -0.2) is 4.98 Å². The van der Waals surface area contributed by atoms with Crippen LogP contribution in [0.4, 0.5) is 0 Å². The second-order valence-corrected chi connectivity index (χ2v) is 7.95. The first kappa shape index (κ1) is 21.4. The van der Waals surface area contributed by atoms with E-state index in [0.29, 0.717) is 19.5 Å². The summed E-state index contributed by atoms with van der Waals surface area (Å²) in [5.41, 5.74) is 3.13. The van der Waals surface area contributed by atoms with Crippen LogP contribution in [0.3, 0.4) is 0 Å². The van der Waals surface area contributed by atoms with Gasteiger partial charge in [0.2, 0.25) is 11.8 Å². The summed E-state index contributed by atoms with van der Waals surface area (Å²) in [4.78, 5) is 29.8. The van der Waals surface area contributed by atoms with Gasteiger partial charge in [0, 0.05) is 50.6 Å². The first-order valence-electron chi connectivity index (χ1n) is 9.95. The standard InChI is InChI=1S/C21H28N4O3S/c1-16(26)22-7-2-8-23-20(27)13-19-15-29-21(24-19)18-5-3-17(4-6-18)14-25-9-11-28-12-10-25/h3-6,15H,2,7-14H2,1H3,(H,22,26)(H,23,27). The van der Waals surface area contributed by atoms with Crippen LogP contribution < -0.4 is 10.6 Å². The van der Waals surface area contributed by atoms with E-state index in [1.54, 1.807) is 11.3 Å². The number of morpholine rings is 1. The van der Waals surface area contributed by atoms with Crippen molar-refractivity contribution in [1.82, 2.24) is 20.5 Å². The first-order valence-corrected chi connectivity index (χ1v) is 10.8. The summed E-state index contributed by atoms with van der Waals surface area (Å²) in [5, 5.41) is 8.43. The maximum absolute atomic E-state index is 12.0. The minimum Gasteiger partial charge on any atom is -0.379 e. The van der Waals surface area contributed by atoms with Gasteiger partial charge in [0.1, 0.15) is 5.01 Å². The number of carbonyl (C=O) groups is 2. The van der Waals surface area contributed by atoms with Gasteiger partial charge in [0.15, 0.2) is 0 Å². The van der Waals surface area contributed by atoms with E-state index in [2.05, 4.69) is 44.8 Å². The van der Waals surface area contributed by atoms with Crippen molar-refractivity contribution in [3.8, 4) is 10.6 Å². The van der Waals surface area contributed by atoms with Crippen molar-refractivity contribution in [2.24, 2.45) is 0 Å². The largest absolute Gasteiger partial charge is 0.379 e. The van der Waals surface area contributed by atoms with Crippen LogP contribution in [-0.2, 0) is 27.3 Å². The van der Waals surface area contributed by atoms with Crippen LogP contribution in [0.2, 0.25) is 0 Å². The molecule has 0 aliphatic carbocycles. The fraction of sp³-hybridized carbons (Fsp3) is 0.476. The van der Waals surface area contributed by atoms with E-state index in [-0.39, 0.29) is 18.2 Å². The maximum Gasteiger partial charge on any atom is 0.226 e. The molecular weight excluding hydrogens is 388 g/mol. The van der Waals surface area contributed by atoms with Crippen molar-refractivity contribution in [2.75, 3.05) is 39.4 Å². The van der Waals surface area contributed by atoms with Crippen molar-refractivity contribution >= 4 is 23.2 Å². The molecule has 0 saturated carbocycles. The zero-order valence-electron chi connectivity index (χ0n) is 16.8. The summed E-state index contributed by atoms with van der Waals surface area (Å²) < 4.78 is 5.39. The Morgan fingerprint density at radius 1 is 1.14 bits per heavy atom. The van der Waals surface area contributed by atoms with E-state index < -0.39 is 0 Å². The summed E-state index contributed by atoms with van der Waals surface area (Å²) >= 11 is 1.56. The predicted octanol–water partition coefficient (Wildman–Crippen LogP) is 1.83. The Balaban J connectivity index is 1.45. The highest BCUT2D eigenvalue weighted by molar-refractivity contribution is 7.13. The molecule has 2 amide bonds. The molecule has 0 atom stereocenters. The van der Waals surface area contributed by atoms with Gasteiger partial charge in [-0.05, 0) is 12.0 Å². The first-order chi connectivity index (χ1) is 14.1. The Hall–Kier alpha value is -2.29. The topological polar surface area (TPSA) is 83.6 Å². The summed E-state index contributed by atoms with van der Waals surface area (Å²) in [6.07, 6.45) is 0.982. The summed E-state index contributed by atoms with van der Waals surface area (Å²) in [7, 11) is 0. The molecule has 0 bridgehead atoms. The number of hydrogen-bond acceptors (Lipinski definition) is 6. The van der Waals surface area contributed by atoms with Crippen molar-refractivity contribution in [2.45, 2.75) is 26.3 Å². The van der Waals surface area contributed by atoms with Crippen molar-refractivity contribution in [3.63, 3.8) is 0 Å². The average molecular weight is 417 g/mol. The summed E-state index contributed by atoms with van der Waals surface area (Å²) in [5.74, 6) is -0.106. The van der Waals surface area contributed by atoms with Crippen LogP contribution >= 0.6 is 11.3 Å². The molecular formula is C21H28N4O3S. The number of benzene rings is 1. The van der Waals surface area contributed by atoms with E-state index in [9.17, 15) is 9.59 Å². The van der Waals surface area contributed by atoms with Gasteiger partial charge in [-0.2, -0.15) is 0 Å². The number of amides is 2. The quantitative estimate of drug-likeness (QED) is 0.610. The minimum atomic E-state index is -0.0551.